The lowest BCUT2D eigenvalue weighted by molar-refractivity contribution is 0.595. The normalized spacial score (nSPS) is 12.1. The average molecular weight is 234 g/mol. The maximum absolute atomic E-state index is 11.4. The number of rotatable bonds is 2. The zero-order chi connectivity index (χ0) is 10.9. The molecule has 1 aromatic rings. The fourth-order valence-corrected chi connectivity index (χ4v) is 2.36. The van der Waals surface area contributed by atoms with E-state index >= 15 is 0 Å². The van der Waals surface area contributed by atoms with Gasteiger partial charge in [0.05, 0.1) is 0 Å². The highest BCUT2D eigenvalue weighted by atomic mass is 35.5. The van der Waals surface area contributed by atoms with Gasteiger partial charge >= 0.3 is 0 Å². The molecule has 0 N–H and O–H groups in total. The molecule has 0 bridgehead atoms. The van der Waals surface area contributed by atoms with Gasteiger partial charge in [0.2, 0.25) is 0 Å². The van der Waals surface area contributed by atoms with Crippen LogP contribution in [-0.4, -0.2) is 19.7 Å². The van der Waals surface area contributed by atoms with Crippen molar-refractivity contribution in [2.45, 2.75) is 24.8 Å². The molecule has 0 saturated carbocycles. The second-order valence-electron chi connectivity index (χ2n) is 3.46. The zero-order valence-electron chi connectivity index (χ0n) is 8.28. The maximum Gasteiger partial charge on any atom is 0.193 e. The van der Waals surface area contributed by atoms with E-state index in [1.54, 1.807) is 12.1 Å². The monoisotopic (exact) mass is 233 g/mol. The Balaban J connectivity index is 3.46. The molecule has 5 heteroatoms. The zero-order valence-corrected chi connectivity index (χ0v) is 9.85. The van der Waals surface area contributed by atoms with Crippen molar-refractivity contribution < 1.29 is 8.42 Å². The lowest BCUT2D eigenvalue weighted by Gasteiger charge is -2.09. The van der Waals surface area contributed by atoms with E-state index in [0.717, 1.165) is 6.26 Å². The van der Waals surface area contributed by atoms with Crippen LogP contribution in [0.5, 0.6) is 0 Å². The molecule has 1 aromatic heterocycles. The minimum Gasteiger partial charge on any atom is -0.224 e. The molecule has 0 spiro atoms. The number of sulfone groups is 1. The van der Waals surface area contributed by atoms with Crippen molar-refractivity contribution in [1.29, 1.82) is 0 Å². The first-order chi connectivity index (χ1) is 6.32. The molecule has 0 unspecified atom stereocenters. The summed E-state index contributed by atoms with van der Waals surface area (Å²) in [4.78, 5) is 3.84. The molecular weight excluding hydrogens is 222 g/mol. The van der Waals surface area contributed by atoms with Gasteiger partial charge in [-0.25, -0.2) is 13.4 Å². The fourth-order valence-electron chi connectivity index (χ4n) is 1.17. The lowest BCUT2D eigenvalue weighted by atomic mass is 10.1. The summed E-state index contributed by atoms with van der Waals surface area (Å²) < 4.78 is 22.8. The van der Waals surface area contributed by atoms with Crippen LogP contribution in [0.3, 0.4) is 0 Å². The Morgan fingerprint density at radius 1 is 1.36 bits per heavy atom. The first-order valence-electron chi connectivity index (χ1n) is 4.19. The third-order valence-electron chi connectivity index (χ3n) is 1.83. The van der Waals surface area contributed by atoms with E-state index in [0.29, 0.717) is 5.56 Å². The van der Waals surface area contributed by atoms with Crippen molar-refractivity contribution in [1.82, 2.24) is 4.98 Å². The van der Waals surface area contributed by atoms with Crippen LogP contribution in [0.2, 0.25) is 5.15 Å². The minimum atomic E-state index is -3.30. The fraction of sp³-hybridized carbons (Fsp3) is 0.444. The maximum atomic E-state index is 11.4. The number of hydrogen-bond acceptors (Lipinski definition) is 3. The van der Waals surface area contributed by atoms with Crippen LogP contribution in [0.25, 0.3) is 0 Å². The number of hydrogen-bond donors (Lipinski definition) is 0. The lowest BCUT2D eigenvalue weighted by Crippen LogP contribution is -2.06. The van der Waals surface area contributed by atoms with Gasteiger partial charge in [-0.3, -0.25) is 0 Å². The predicted molar refractivity (Wildman–Crippen MR) is 56.4 cm³/mol. The summed E-state index contributed by atoms with van der Waals surface area (Å²) in [5.74, 6) is 0.115. The van der Waals surface area contributed by atoms with Crippen molar-refractivity contribution in [3.8, 4) is 0 Å². The van der Waals surface area contributed by atoms with Crippen molar-refractivity contribution in [3.63, 3.8) is 0 Å². The largest absolute Gasteiger partial charge is 0.224 e. The van der Waals surface area contributed by atoms with Gasteiger partial charge in [-0.1, -0.05) is 31.5 Å². The van der Waals surface area contributed by atoms with Gasteiger partial charge < -0.3 is 0 Å². The molecular formula is C9H12ClNO2S. The van der Waals surface area contributed by atoms with E-state index in [-0.39, 0.29) is 16.1 Å². The molecule has 0 aliphatic rings. The van der Waals surface area contributed by atoms with Gasteiger partial charge in [0.15, 0.2) is 14.9 Å². The molecule has 0 amide bonds. The molecule has 3 nitrogen and oxygen atoms in total. The van der Waals surface area contributed by atoms with Crippen LogP contribution in [0, 0.1) is 0 Å². The topological polar surface area (TPSA) is 47.0 Å². The molecule has 0 saturated heterocycles. The third kappa shape index (κ3) is 2.45. The van der Waals surface area contributed by atoms with Crippen molar-refractivity contribution in [3.05, 3.63) is 22.8 Å². The van der Waals surface area contributed by atoms with E-state index in [1.807, 2.05) is 13.8 Å². The highest BCUT2D eigenvalue weighted by molar-refractivity contribution is 7.90. The molecule has 0 aliphatic heterocycles. The summed E-state index contributed by atoms with van der Waals surface area (Å²) in [5, 5.41) is 0.287. The van der Waals surface area contributed by atoms with Gasteiger partial charge in [0.1, 0.15) is 5.15 Å². The van der Waals surface area contributed by atoms with E-state index in [1.165, 1.54) is 0 Å². The van der Waals surface area contributed by atoms with Crippen LogP contribution in [0.15, 0.2) is 17.2 Å². The molecule has 78 valence electrons. The standard InChI is InChI=1S/C9H12ClNO2S/c1-6(2)7-4-5-8(10)11-9(7)14(3,12)13/h4-6H,1-3H3. The summed E-state index contributed by atoms with van der Waals surface area (Å²) in [6.45, 7) is 3.83. The third-order valence-corrected chi connectivity index (χ3v) is 3.07. The highest BCUT2D eigenvalue weighted by Gasteiger charge is 2.17. The van der Waals surface area contributed by atoms with Crippen LogP contribution >= 0.6 is 11.6 Å². The quantitative estimate of drug-likeness (QED) is 0.737. The Bertz CT molecular complexity index is 440. The summed E-state index contributed by atoms with van der Waals surface area (Å²) >= 11 is 5.65. The van der Waals surface area contributed by atoms with Gasteiger partial charge in [0, 0.05) is 6.26 Å². The van der Waals surface area contributed by atoms with Crippen LogP contribution in [0.1, 0.15) is 25.3 Å². The Hall–Kier alpha value is -0.610. The average Bonchev–Trinajstić information content (AvgIpc) is 2.01. The van der Waals surface area contributed by atoms with Gasteiger partial charge in [-0.15, -0.1) is 0 Å². The number of pyridine rings is 1. The van der Waals surface area contributed by atoms with E-state index in [2.05, 4.69) is 4.98 Å². The minimum absolute atomic E-state index is 0.0833. The second-order valence-corrected chi connectivity index (χ2v) is 5.77. The van der Waals surface area contributed by atoms with E-state index in [9.17, 15) is 8.42 Å². The van der Waals surface area contributed by atoms with E-state index < -0.39 is 9.84 Å². The predicted octanol–water partition coefficient (Wildman–Crippen LogP) is 2.26. The number of halogens is 1. The molecule has 0 aromatic carbocycles. The Morgan fingerprint density at radius 2 is 1.93 bits per heavy atom. The smallest absolute Gasteiger partial charge is 0.193 e. The van der Waals surface area contributed by atoms with Gasteiger partial charge in [-0.05, 0) is 17.5 Å². The molecule has 0 radical (unpaired) electrons. The SMILES string of the molecule is CC(C)c1ccc(Cl)nc1S(C)(=O)=O. The highest BCUT2D eigenvalue weighted by Crippen LogP contribution is 2.23. The van der Waals surface area contributed by atoms with Crippen molar-refractivity contribution in [2.24, 2.45) is 0 Å². The van der Waals surface area contributed by atoms with Gasteiger partial charge in [-0.2, -0.15) is 0 Å². The van der Waals surface area contributed by atoms with Crippen LogP contribution in [-0.2, 0) is 9.84 Å². The van der Waals surface area contributed by atoms with E-state index in [4.69, 9.17) is 11.6 Å². The summed E-state index contributed by atoms with van der Waals surface area (Å²) in [6, 6.07) is 3.31. The van der Waals surface area contributed by atoms with Crippen molar-refractivity contribution in [2.75, 3.05) is 6.26 Å². The summed E-state index contributed by atoms with van der Waals surface area (Å²) in [5.41, 5.74) is 0.705. The number of aromatic nitrogens is 1. The van der Waals surface area contributed by atoms with Crippen LogP contribution < -0.4 is 0 Å². The molecule has 1 heterocycles. The Kier molecular flexibility index (Phi) is 3.17. The first kappa shape index (κ1) is 11.5. The van der Waals surface area contributed by atoms with Crippen molar-refractivity contribution >= 4 is 21.4 Å². The summed E-state index contributed by atoms with van der Waals surface area (Å²) in [7, 11) is -3.30. The summed E-state index contributed by atoms with van der Waals surface area (Å²) in [6.07, 6.45) is 1.14. The molecule has 0 aliphatic carbocycles. The molecule has 0 atom stereocenters. The molecule has 0 fully saturated rings. The Labute approximate surface area is 89.0 Å². The Morgan fingerprint density at radius 3 is 2.36 bits per heavy atom. The first-order valence-corrected chi connectivity index (χ1v) is 6.46. The second kappa shape index (κ2) is 3.87. The van der Waals surface area contributed by atoms with Gasteiger partial charge in [0.25, 0.3) is 0 Å². The van der Waals surface area contributed by atoms with Crippen LogP contribution in [0.4, 0.5) is 0 Å². The number of nitrogens with zero attached hydrogens (tertiary/aromatic N) is 1. The molecule has 14 heavy (non-hydrogen) atoms. The molecule has 1 rings (SSSR count).